The molecule has 0 saturated heterocycles. The van der Waals surface area contributed by atoms with Gasteiger partial charge in [-0.05, 0) is 49.9 Å². The smallest absolute Gasteiger partial charge is 0.109 e. The van der Waals surface area contributed by atoms with Crippen LogP contribution < -0.4 is 5.32 Å². The van der Waals surface area contributed by atoms with E-state index in [1.165, 1.54) is 72.3 Å². The summed E-state index contributed by atoms with van der Waals surface area (Å²) in [6.07, 6.45) is 14.3. The molecule has 2 saturated carbocycles. The lowest BCUT2D eigenvalue weighted by molar-refractivity contribution is 0.679. The summed E-state index contributed by atoms with van der Waals surface area (Å²) in [5.41, 5.74) is 6.91. The van der Waals surface area contributed by atoms with Gasteiger partial charge >= 0.3 is 0 Å². The minimum atomic E-state index is 0.602. The minimum absolute atomic E-state index is 0.602. The Morgan fingerprint density at radius 1 is 0.647 bits per heavy atom. The summed E-state index contributed by atoms with van der Waals surface area (Å²) >= 11 is 1.83. The van der Waals surface area contributed by atoms with Gasteiger partial charge in [0.25, 0.3) is 0 Å². The number of benzene rings is 2. The zero-order chi connectivity index (χ0) is 22.5. The molecule has 0 radical (unpaired) electrons. The van der Waals surface area contributed by atoms with Crippen LogP contribution in [0.4, 0.5) is 11.4 Å². The van der Waals surface area contributed by atoms with Crippen LogP contribution in [0.3, 0.4) is 0 Å². The number of anilines is 2. The van der Waals surface area contributed by atoms with Crippen LogP contribution in [0.1, 0.15) is 74.9 Å². The maximum Gasteiger partial charge on any atom is 0.109 e. The van der Waals surface area contributed by atoms with Crippen LogP contribution in [0.15, 0.2) is 58.6 Å². The molecule has 2 fully saturated rings. The van der Waals surface area contributed by atoms with E-state index in [1.54, 1.807) is 0 Å². The first-order chi connectivity index (χ1) is 16.8. The number of nitrogens with one attached hydrogen (secondary N) is 3. The van der Waals surface area contributed by atoms with Gasteiger partial charge < -0.3 is 15.3 Å². The van der Waals surface area contributed by atoms with Gasteiger partial charge in [0.05, 0.1) is 35.2 Å². The van der Waals surface area contributed by atoms with E-state index in [2.05, 4.69) is 51.7 Å². The van der Waals surface area contributed by atoms with Crippen LogP contribution in [0.5, 0.6) is 0 Å². The molecule has 2 aliphatic carbocycles. The van der Waals surface area contributed by atoms with E-state index >= 15 is 0 Å². The molecule has 3 heterocycles. The quantitative estimate of drug-likeness (QED) is 0.250. The van der Waals surface area contributed by atoms with Crippen LogP contribution >= 0.6 is 11.8 Å². The van der Waals surface area contributed by atoms with E-state index in [0.717, 1.165) is 34.4 Å². The van der Waals surface area contributed by atoms with Crippen molar-refractivity contribution in [2.75, 3.05) is 5.32 Å². The molecular formula is C28H29N5S. The lowest BCUT2D eigenvalue weighted by Crippen LogP contribution is -2.00. The maximum atomic E-state index is 4.70. The molecule has 3 aliphatic rings. The van der Waals surface area contributed by atoms with Crippen molar-refractivity contribution < 1.29 is 0 Å². The first kappa shape index (κ1) is 20.4. The maximum absolute atomic E-state index is 4.70. The summed E-state index contributed by atoms with van der Waals surface area (Å²) in [6.45, 7) is 0. The van der Waals surface area contributed by atoms with Gasteiger partial charge in [-0.25, -0.2) is 9.97 Å². The molecule has 0 spiro atoms. The Morgan fingerprint density at radius 3 is 1.88 bits per heavy atom. The fourth-order valence-corrected chi connectivity index (χ4v) is 6.81. The first-order valence-corrected chi connectivity index (χ1v) is 13.5. The van der Waals surface area contributed by atoms with Crippen molar-refractivity contribution in [1.29, 1.82) is 0 Å². The third kappa shape index (κ3) is 3.65. The number of hydrogen-bond acceptors (Lipinski definition) is 4. The molecule has 2 aromatic heterocycles. The summed E-state index contributed by atoms with van der Waals surface area (Å²) in [6, 6.07) is 13.3. The van der Waals surface area contributed by atoms with Crippen molar-refractivity contribution >= 4 is 23.1 Å². The van der Waals surface area contributed by atoms with Crippen LogP contribution in [0.2, 0.25) is 0 Å². The normalized spacial score (nSPS) is 18.1. The number of aromatic amines is 2. The molecule has 3 N–H and O–H groups in total. The second kappa shape index (κ2) is 8.35. The summed E-state index contributed by atoms with van der Waals surface area (Å²) in [7, 11) is 0. The lowest BCUT2D eigenvalue weighted by atomic mass is 10.1. The Labute approximate surface area is 204 Å². The van der Waals surface area contributed by atoms with Gasteiger partial charge in [0, 0.05) is 32.8 Å². The molecule has 6 heteroatoms. The zero-order valence-electron chi connectivity index (χ0n) is 19.2. The highest BCUT2D eigenvalue weighted by molar-refractivity contribution is 7.99. The van der Waals surface area contributed by atoms with Crippen molar-refractivity contribution in [2.45, 2.75) is 73.0 Å². The number of imidazole rings is 2. The van der Waals surface area contributed by atoms with E-state index < -0.39 is 0 Å². The van der Waals surface area contributed by atoms with Gasteiger partial charge in [0.15, 0.2) is 0 Å². The number of H-pyrrole nitrogens is 2. The monoisotopic (exact) mass is 467 g/mol. The van der Waals surface area contributed by atoms with Gasteiger partial charge in [-0.2, -0.15) is 0 Å². The molecule has 4 aromatic rings. The van der Waals surface area contributed by atoms with E-state index in [-0.39, 0.29) is 0 Å². The average molecular weight is 468 g/mol. The van der Waals surface area contributed by atoms with E-state index in [1.807, 2.05) is 24.2 Å². The molecule has 2 aromatic carbocycles. The van der Waals surface area contributed by atoms with E-state index in [0.29, 0.717) is 11.8 Å². The van der Waals surface area contributed by atoms with Crippen molar-refractivity contribution in [3.05, 3.63) is 60.4 Å². The second-order valence-corrected chi connectivity index (χ2v) is 11.1. The Hall–Kier alpha value is -2.99. The van der Waals surface area contributed by atoms with Crippen molar-refractivity contribution in [2.24, 2.45) is 0 Å². The van der Waals surface area contributed by atoms with Crippen molar-refractivity contribution in [3.8, 4) is 22.5 Å². The molecular weight excluding hydrogens is 438 g/mol. The molecule has 0 unspecified atom stereocenters. The zero-order valence-corrected chi connectivity index (χ0v) is 20.0. The average Bonchev–Trinajstić information content (AvgIpc) is 3.68. The van der Waals surface area contributed by atoms with Gasteiger partial charge in [0.1, 0.15) is 11.6 Å². The Kier molecular flexibility index (Phi) is 5.00. The van der Waals surface area contributed by atoms with Crippen LogP contribution in [0, 0.1) is 0 Å². The second-order valence-electron chi connectivity index (χ2n) is 9.98. The van der Waals surface area contributed by atoms with Crippen LogP contribution in [0.25, 0.3) is 22.5 Å². The number of nitrogens with zero attached hydrogens (tertiary/aromatic N) is 2. The molecule has 0 bridgehead atoms. The molecule has 34 heavy (non-hydrogen) atoms. The third-order valence-electron chi connectivity index (χ3n) is 7.75. The predicted molar refractivity (Wildman–Crippen MR) is 138 cm³/mol. The minimum Gasteiger partial charge on any atom is -0.354 e. The topological polar surface area (TPSA) is 69.4 Å². The number of hydrogen-bond donors (Lipinski definition) is 3. The summed E-state index contributed by atoms with van der Waals surface area (Å²) in [5.74, 6) is 3.52. The third-order valence-corrected chi connectivity index (χ3v) is 8.88. The summed E-state index contributed by atoms with van der Waals surface area (Å²) in [4.78, 5) is 19.1. The highest BCUT2D eigenvalue weighted by Gasteiger charge is 2.23. The fourth-order valence-electron chi connectivity index (χ4n) is 5.81. The molecule has 1 aliphatic heterocycles. The van der Waals surface area contributed by atoms with Crippen molar-refractivity contribution in [1.82, 2.24) is 19.9 Å². The van der Waals surface area contributed by atoms with E-state index in [9.17, 15) is 0 Å². The van der Waals surface area contributed by atoms with Gasteiger partial charge in [-0.15, -0.1) is 0 Å². The number of rotatable bonds is 4. The predicted octanol–water partition coefficient (Wildman–Crippen LogP) is 7.99. The highest BCUT2D eigenvalue weighted by atomic mass is 32.2. The molecule has 0 amide bonds. The van der Waals surface area contributed by atoms with Crippen LogP contribution in [-0.2, 0) is 0 Å². The molecule has 0 atom stereocenters. The van der Waals surface area contributed by atoms with Gasteiger partial charge in [-0.3, -0.25) is 0 Å². The standard InChI is InChI=1S/C28H29N5S/c1-2-6-17(5-1)27-29-15-23(32-27)19-10-12-25-22(13-19)31-21-11-9-20(14-26(21)34-25)24-16-30-28(33-24)18-7-3-4-8-18/h9-18,31H,1-8H2,(H,29,32)(H,30,33). The summed E-state index contributed by atoms with van der Waals surface area (Å²) < 4.78 is 0. The largest absolute Gasteiger partial charge is 0.354 e. The lowest BCUT2D eigenvalue weighted by Gasteiger charge is -2.22. The number of fused-ring (bicyclic) bond motifs is 2. The van der Waals surface area contributed by atoms with Gasteiger partial charge in [0.2, 0.25) is 0 Å². The highest BCUT2D eigenvalue weighted by Crippen LogP contribution is 2.46. The fraction of sp³-hybridized carbons (Fsp3) is 0.357. The number of aromatic nitrogens is 4. The Balaban J connectivity index is 1.13. The summed E-state index contributed by atoms with van der Waals surface area (Å²) in [5, 5.41) is 3.66. The Bertz CT molecular complexity index is 1240. The van der Waals surface area contributed by atoms with E-state index in [4.69, 9.17) is 9.97 Å². The molecule has 5 nitrogen and oxygen atoms in total. The van der Waals surface area contributed by atoms with Crippen molar-refractivity contribution in [3.63, 3.8) is 0 Å². The SMILES string of the molecule is c1cc2c(cc1-c1cnc(C3CCCC3)[nH]1)Nc1ccc(-c3cnc(C4CCCC4)[nH]3)cc1S2. The first-order valence-electron chi connectivity index (χ1n) is 12.6. The van der Waals surface area contributed by atoms with Crippen LogP contribution in [-0.4, -0.2) is 19.9 Å². The van der Waals surface area contributed by atoms with Gasteiger partial charge in [-0.1, -0.05) is 49.6 Å². The Morgan fingerprint density at radius 2 is 1.24 bits per heavy atom. The molecule has 7 rings (SSSR count). The molecule has 172 valence electrons.